The van der Waals surface area contributed by atoms with Gasteiger partial charge in [-0.3, -0.25) is 9.59 Å². The smallest absolute Gasteiger partial charge is 0.254 e. The molecule has 0 atom stereocenters. The standard InChI is InChI=1S/C14H15ClN2O4/c15-10-5-9(6-11-12(10)21-7-20-11)14(19)17-3-1-8(2-4-17)13(16)18/h5-6,8H,1-4,7H2,(H2,16,18). The maximum atomic E-state index is 12.5. The lowest BCUT2D eigenvalue weighted by Crippen LogP contribution is -2.41. The summed E-state index contributed by atoms with van der Waals surface area (Å²) in [4.78, 5) is 25.3. The van der Waals surface area contributed by atoms with Crippen LogP contribution < -0.4 is 15.2 Å². The lowest BCUT2D eigenvalue weighted by atomic mass is 9.96. The summed E-state index contributed by atoms with van der Waals surface area (Å²) >= 11 is 6.09. The van der Waals surface area contributed by atoms with Gasteiger partial charge in [0.2, 0.25) is 12.7 Å². The molecule has 0 aromatic heterocycles. The normalized spacial score (nSPS) is 17.9. The number of primary amides is 1. The highest BCUT2D eigenvalue weighted by Gasteiger charge is 2.28. The SMILES string of the molecule is NC(=O)C1CCN(C(=O)c2cc(Cl)c3c(c2)OCO3)CC1. The van der Waals surface area contributed by atoms with Gasteiger partial charge in [0.05, 0.1) is 5.02 Å². The van der Waals surface area contributed by atoms with Crippen LogP contribution in [0, 0.1) is 5.92 Å². The molecule has 1 aromatic rings. The Kier molecular flexibility index (Phi) is 3.63. The van der Waals surface area contributed by atoms with Gasteiger partial charge in [-0.15, -0.1) is 0 Å². The molecule has 3 rings (SSSR count). The average Bonchev–Trinajstić information content (AvgIpc) is 2.95. The number of nitrogens with two attached hydrogens (primary N) is 1. The van der Waals surface area contributed by atoms with Gasteiger partial charge in [0.25, 0.3) is 5.91 Å². The predicted octanol–water partition coefficient (Wildman–Crippen LogP) is 1.41. The summed E-state index contributed by atoms with van der Waals surface area (Å²) in [7, 11) is 0. The number of likely N-dealkylation sites (tertiary alicyclic amines) is 1. The molecule has 0 bridgehead atoms. The second-order valence-corrected chi connectivity index (χ2v) is 5.57. The molecule has 2 N–H and O–H groups in total. The topological polar surface area (TPSA) is 81.9 Å². The van der Waals surface area contributed by atoms with E-state index < -0.39 is 0 Å². The Morgan fingerprint density at radius 1 is 1.24 bits per heavy atom. The Labute approximate surface area is 126 Å². The Morgan fingerprint density at radius 2 is 1.95 bits per heavy atom. The number of carbonyl (C=O) groups excluding carboxylic acids is 2. The van der Waals surface area contributed by atoms with Crippen molar-refractivity contribution in [3.8, 4) is 11.5 Å². The summed E-state index contributed by atoms with van der Waals surface area (Å²) in [5.41, 5.74) is 5.75. The molecule has 0 radical (unpaired) electrons. The Balaban J connectivity index is 1.75. The number of amides is 2. The molecule has 21 heavy (non-hydrogen) atoms. The first-order chi connectivity index (χ1) is 10.1. The molecule has 0 unspecified atom stereocenters. The van der Waals surface area contributed by atoms with E-state index in [4.69, 9.17) is 26.8 Å². The number of carbonyl (C=O) groups is 2. The molecule has 2 aliphatic rings. The maximum Gasteiger partial charge on any atom is 0.254 e. The third-order valence-corrected chi connectivity index (χ3v) is 4.14. The average molecular weight is 311 g/mol. The molecule has 1 fully saturated rings. The highest BCUT2D eigenvalue weighted by molar-refractivity contribution is 6.32. The number of hydrogen-bond donors (Lipinski definition) is 1. The lowest BCUT2D eigenvalue weighted by molar-refractivity contribution is -0.123. The summed E-state index contributed by atoms with van der Waals surface area (Å²) < 4.78 is 10.5. The minimum absolute atomic E-state index is 0.108. The summed E-state index contributed by atoms with van der Waals surface area (Å²) in [5.74, 6) is 0.388. The molecule has 0 aliphatic carbocycles. The van der Waals surface area contributed by atoms with Crippen molar-refractivity contribution in [2.45, 2.75) is 12.8 Å². The first-order valence-corrected chi connectivity index (χ1v) is 7.12. The van der Waals surface area contributed by atoms with Crippen LogP contribution in [-0.4, -0.2) is 36.6 Å². The number of nitrogens with zero attached hydrogens (tertiary/aromatic N) is 1. The molecular weight excluding hydrogens is 296 g/mol. The van der Waals surface area contributed by atoms with Crippen LogP contribution in [0.3, 0.4) is 0 Å². The second kappa shape index (κ2) is 5.44. The number of piperidine rings is 1. The molecular formula is C14H15ClN2O4. The van der Waals surface area contributed by atoms with E-state index in [2.05, 4.69) is 0 Å². The Bertz CT molecular complexity index is 597. The van der Waals surface area contributed by atoms with Crippen LogP contribution in [-0.2, 0) is 4.79 Å². The third kappa shape index (κ3) is 2.63. The fourth-order valence-corrected chi connectivity index (χ4v) is 2.91. The highest BCUT2D eigenvalue weighted by Crippen LogP contribution is 2.40. The first kappa shape index (κ1) is 14.0. The largest absolute Gasteiger partial charge is 0.454 e. The lowest BCUT2D eigenvalue weighted by Gasteiger charge is -2.30. The number of fused-ring (bicyclic) bond motifs is 1. The molecule has 1 saturated heterocycles. The number of benzene rings is 1. The van der Waals surface area contributed by atoms with E-state index in [1.807, 2.05) is 0 Å². The van der Waals surface area contributed by atoms with Gasteiger partial charge in [0, 0.05) is 24.6 Å². The number of halogens is 1. The highest BCUT2D eigenvalue weighted by atomic mass is 35.5. The van der Waals surface area contributed by atoms with Crippen LogP contribution in [0.2, 0.25) is 5.02 Å². The molecule has 7 heteroatoms. The monoisotopic (exact) mass is 310 g/mol. The van der Waals surface area contributed by atoms with E-state index in [0.717, 1.165) is 0 Å². The van der Waals surface area contributed by atoms with Crippen molar-refractivity contribution in [1.29, 1.82) is 0 Å². The van der Waals surface area contributed by atoms with Crippen molar-refractivity contribution in [3.05, 3.63) is 22.7 Å². The minimum atomic E-state index is -0.298. The molecule has 2 amide bonds. The van der Waals surface area contributed by atoms with E-state index in [0.29, 0.717) is 48.0 Å². The number of hydrogen-bond acceptors (Lipinski definition) is 4. The van der Waals surface area contributed by atoms with Gasteiger partial charge in [-0.05, 0) is 25.0 Å². The van der Waals surface area contributed by atoms with Gasteiger partial charge in [-0.25, -0.2) is 0 Å². The molecule has 0 saturated carbocycles. The zero-order valence-electron chi connectivity index (χ0n) is 11.3. The Hall–Kier alpha value is -1.95. The molecule has 1 aromatic carbocycles. The van der Waals surface area contributed by atoms with Crippen molar-refractivity contribution in [2.24, 2.45) is 11.7 Å². The van der Waals surface area contributed by atoms with Crippen LogP contribution in [0.15, 0.2) is 12.1 Å². The molecule has 2 heterocycles. The molecule has 6 nitrogen and oxygen atoms in total. The summed E-state index contributed by atoms with van der Waals surface area (Å²) in [6.07, 6.45) is 1.19. The van der Waals surface area contributed by atoms with Crippen molar-refractivity contribution in [1.82, 2.24) is 4.90 Å². The molecule has 112 valence electrons. The fraction of sp³-hybridized carbons (Fsp3) is 0.429. The first-order valence-electron chi connectivity index (χ1n) is 6.74. The fourth-order valence-electron chi connectivity index (χ4n) is 2.64. The number of rotatable bonds is 2. The van der Waals surface area contributed by atoms with Gasteiger partial charge in [-0.2, -0.15) is 0 Å². The van der Waals surface area contributed by atoms with Crippen LogP contribution in [0.1, 0.15) is 23.2 Å². The van der Waals surface area contributed by atoms with E-state index in [1.54, 1.807) is 17.0 Å². The maximum absolute atomic E-state index is 12.5. The van der Waals surface area contributed by atoms with Crippen LogP contribution >= 0.6 is 11.6 Å². The summed E-state index contributed by atoms with van der Waals surface area (Å²) in [6, 6.07) is 3.22. The van der Waals surface area contributed by atoms with E-state index in [1.165, 1.54) is 0 Å². The molecule has 0 spiro atoms. The Morgan fingerprint density at radius 3 is 2.62 bits per heavy atom. The van der Waals surface area contributed by atoms with Gasteiger partial charge in [0.15, 0.2) is 11.5 Å². The van der Waals surface area contributed by atoms with E-state index >= 15 is 0 Å². The predicted molar refractivity (Wildman–Crippen MR) is 75.4 cm³/mol. The summed E-state index contributed by atoms with van der Waals surface area (Å²) in [5, 5.41) is 0.361. The second-order valence-electron chi connectivity index (χ2n) is 5.16. The van der Waals surface area contributed by atoms with Crippen molar-refractivity contribution in [3.63, 3.8) is 0 Å². The quantitative estimate of drug-likeness (QED) is 0.895. The van der Waals surface area contributed by atoms with Crippen LogP contribution in [0.25, 0.3) is 0 Å². The minimum Gasteiger partial charge on any atom is -0.454 e. The molecule has 2 aliphatic heterocycles. The van der Waals surface area contributed by atoms with Crippen molar-refractivity contribution in [2.75, 3.05) is 19.9 Å². The van der Waals surface area contributed by atoms with Crippen molar-refractivity contribution >= 4 is 23.4 Å². The van der Waals surface area contributed by atoms with E-state index in [-0.39, 0.29) is 24.5 Å². The van der Waals surface area contributed by atoms with Gasteiger partial charge < -0.3 is 20.1 Å². The van der Waals surface area contributed by atoms with Crippen molar-refractivity contribution < 1.29 is 19.1 Å². The van der Waals surface area contributed by atoms with E-state index in [9.17, 15) is 9.59 Å². The van der Waals surface area contributed by atoms with Gasteiger partial charge in [0.1, 0.15) is 0 Å². The van der Waals surface area contributed by atoms with Gasteiger partial charge >= 0.3 is 0 Å². The summed E-state index contributed by atoms with van der Waals surface area (Å²) in [6.45, 7) is 1.13. The van der Waals surface area contributed by atoms with Gasteiger partial charge in [-0.1, -0.05) is 11.6 Å². The van der Waals surface area contributed by atoms with Crippen LogP contribution in [0.4, 0.5) is 0 Å². The van der Waals surface area contributed by atoms with Crippen LogP contribution in [0.5, 0.6) is 11.5 Å². The zero-order valence-corrected chi connectivity index (χ0v) is 12.1. The number of ether oxygens (including phenoxy) is 2. The zero-order chi connectivity index (χ0) is 15.0. The third-order valence-electron chi connectivity index (χ3n) is 3.86.